The summed E-state index contributed by atoms with van der Waals surface area (Å²) in [7, 11) is 0. The number of benzene rings is 2. The number of nitrogens with two attached hydrogens (primary N) is 1. The molecule has 0 aliphatic heterocycles. The van der Waals surface area contributed by atoms with E-state index in [-0.39, 0.29) is 25.5 Å². The molecule has 1 aliphatic rings. The quantitative estimate of drug-likeness (QED) is 0.728. The first-order valence-corrected chi connectivity index (χ1v) is 9.83. The molecule has 0 aromatic heterocycles. The lowest BCUT2D eigenvalue weighted by atomic mass is 9.98. The average molecular weight is 396 g/mol. The molecule has 1 aliphatic carbocycles. The van der Waals surface area contributed by atoms with Crippen LogP contribution in [0.2, 0.25) is 0 Å². The molecular formula is C23H28N2O4. The molecule has 0 heterocycles. The van der Waals surface area contributed by atoms with Gasteiger partial charge in [-0.2, -0.15) is 0 Å². The van der Waals surface area contributed by atoms with Gasteiger partial charge in [0, 0.05) is 12.5 Å². The van der Waals surface area contributed by atoms with Crippen LogP contribution in [0.4, 0.5) is 4.79 Å². The second-order valence-electron chi connectivity index (χ2n) is 8.18. The van der Waals surface area contributed by atoms with Gasteiger partial charge in [0.1, 0.15) is 18.2 Å². The number of hydrogen-bond donors (Lipinski definition) is 2. The van der Waals surface area contributed by atoms with Gasteiger partial charge < -0.3 is 20.5 Å². The third kappa shape index (κ3) is 5.15. The van der Waals surface area contributed by atoms with Crippen molar-refractivity contribution in [1.82, 2.24) is 5.32 Å². The van der Waals surface area contributed by atoms with E-state index in [0.29, 0.717) is 0 Å². The molecule has 1 amide bonds. The van der Waals surface area contributed by atoms with E-state index < -0.39 is 23.7 Å². The molecular weight excluding hydrogens is 368 g/mol. The number of alkyl carbamates (subject to hydrolysis) is 1. The van der Waals surface area contributed by atoms with Gasteiger partial charge in [0.15, 0.2) is 0 Å². The summed E-state index contributed by atoms with van der Waals surface area (Å²) in [6.45, 7) is 5.83. The van der Waals surface area contributed by atoms with Crippen LogP contribution in [0, 0.1) is 0 Å². The fraction of sp³-hybridized carbons (Fsp3) is 0.391. The van der Waals surface area contributed by atoms with Gasteiger partial charge >= 0.3 is 12.1 Å². The number of nitrogens with one attached hydrogen (secondary N) is 1. The highest BCUT2D eigenvalue weighted by molar-refractivity contribution is 5.79. The Hall–Kier alpha value is -2.86. The van der Waals surface area contributed by atoms with E-state index in [2.05, 4.69) is 29.6 Å². The van der Waals surface area contributed by atoms with Crippen LogP contribution >= 0.6 is 0 Å². The first-order valence-electron chi connectivity index (χ1n) is 9.83. The zero-order chi connectivity index (χ0) is 21.0. The highest BCUT2D eigenvalue weighted by atomic mass is 16.6. The summed E-state index contributed by atoms with van der Waals surface area (Å²) >= 11 is 0. The van der Waals surface area contributed by atoms with Crippen LogP contribution in [0.1, 0.15) is 44.2 Å². The zero-order valence-corrected chi connectivity index (χ0v) is 17.1. The third-order valence-electron chi connectivity index (χ3n) is 4.78. The Bertz CT molecular complexity index is 843. The average Bonchev–Trinajstić information content (AvgIpc) is 2.99. The molecule has 0 fully saturated rings. The van der Waals surface area contributed by atoms with Crippen molar-refractivity contribution >= 4 is 12.1 Å². The molecule has 0 spiro atoms. The van der Waals surface area contributed by atoms with Crippen molar-refractivity contribution in [3.05, 3.63) is 59.7 Å². The number of rotatable bonds is 6. The minimum Gasteiger partial charge on any atom is -0.459 e. The summed E-state index contributed by atoms with van der Waals surface area (Å²) in [5.74, 6) is -0.469. The molecule has 0 saturated heterocycles. The highest BCUT2D eigenvalue weighted by Crippen LogP contribution is 2.44. The molecule has 0 unspecified atom stereocenters. The Kier molecular flexibility index (Phi) is 6.23. The molecule has 2 aromatic rings. The van der Waals surface area contributed by atoms with Gasteiger partial charge in [0.25, 0.3) is 0 Å². The number of fused-ring (bicyclic) bond motifs is 3. The predicted molar refractivity (Wildman–Crippen MR) is 112 cm³/mol. The Morgan fingerprint density at radius 1 is 1.03 bits per heavy atom. The monoisotopic (exact) mass is 396 g/mol. The van der Waals surface area contributed by atoms with Crippen LogP contribution < -0.4 is 11.1 Å². The lowest BCUT2D eigenvalue weighted by molar-refractivity contribution is -0.156. The van der Waals surface area contributed by atoms with Crippen LogP contribution in [0.5, 0.6) is 0 Å². The predicted octanol–water partition coefficient (Wildman–Crippen LogP) is 3.58. The van der Waals surface area contributed by atoms with Crippen molar-refractivity contribution < 1.29 is 19.1 Å². The van der Waals surface area contributed by atoms with Crippen LogP contribution in [0.15, 0.2) is 48.5 Å². The number of esters is 1. The maximum absolute atomic E-state index is 12.1. The number of ether oxygens (including phenoxy) is 2. The third-order valence-corrected chi connectivity index (χ3v) is 4.78. The molecule has 6 nitrogen and oxygen atoms in total. The number of hydrogen-bond acceptors (Lipinski definition) is 5. The Labute approximate surface area is 171 Å². The van der Waals surface area contributed by atoms with Gasteiger partial charge in [0.05, 0.1) is 0 Å². The maximum Gasteiger partial charge on any atom is 0.407 e. The standard InChI is InChI=1S/C23H28N2O4/c1-23(2,3)29-21(26)20(24)12-13-25-22(27)28-14-19-17-10-6-4-8-15(17)16-9-5-7-11-18(16)19/h4-11,19-20H,12-14,24H2,1-3H3,(H,25,27)/t20-/m0/s1. The van der Waals surface area contributed by atoms with Gasteiger partial charge in [-0.3, -0.25) is 4.79 Å². The van der Waals surface area contributed by atoms with Crippen molar-refractivity contribution in [2.75, 3.05) is 13.2 Å². The van der Waals surface area contributed by atoms with E-state index in [1.165, 1.54) is 11.1 Å². The SMILES string of the molecule is CC(C)(C)OC(=O)[C@@H](N)CCNC(=O)OCC1c2ccccc2-c2ccccc21. The van der Waals surface area contributed by atoms with Crippen LogP contribution in [-0.2, 0) is 14.3 Å². The van der Waals surface area contributed by atoms with Crippen molar-refractivity contribution in [3.63, 3.8) is 0 Å². The second kappa shape index (κ2) is 8.66. The summed E-state index contributed by atoms with van der Waals surface area (Å²) in [5, 5.41) is 2.65. The van der Waals surface area contributed by atoms with Gasteiger partial charge in [-0.25, -0.2) is 4.79 Å². The van der Waals surface area contributed by atoms with Gasteiger partial charge in [0.2, 0.25) is 0 Å². The lowest BCUT2D eigenvalue weighted by Gasteiger charge is -2.22. The molecule has 0 radical (unpaired) electrons. The smallest absolute Gasteiger partial charge is 0.407 e. The fourth-order valence-corrected chi connectivity index (χ4v) is 3.47. The Morgan fingerprint density at radius 3 is 2.14 bits per heavy atom. The van der Waals surface area contributed by atoms with E-state index in [4.69, 9.17) is 15.2 Å². The summed E-state index contributed by atoms with van der Waals surface area (Å²) in [6, 6.07) is 15.5. The lowest BCUT2D eigenvalue weighted by Crippen LogP contribution is -2.40. The van der Waals surface area contributed by atoms with Gasteiger partial charge in [-0.1, -0.05) is 48.5 Å². The minimum absolute atomic E-state index is 0.0113. The molecule has 3 rings (SSSR count). The van der Waals surface area contributed by atoms with Gasteiger partial charge in [-0.05, 0) is 49.4 Å². The number of carbonyl (C=O) groups excluding carboxylic acids is 2. The summed E-state index contributed by atoms with van der Waals surface area (Å²) < 4.78 is 10.7. The van der Waals surface area contributed by atoms with Crippen molar-refractivity contribution in [3.8, 4) is 11.1 Å². The Balaban J connectivity index is 1.50. The first-order chi connectivity index (χ1) is 13.8. The van der Waals surface area contributed by atoms with Crippen molar-refractivity contribution in [1.29, 1.82) is 0 Å². The normalized spacial score (nSPS) is 13.9. The first kappa shape index (κ1) is 20.9. The fourth-order valence-electron chi connectivity index (χ4n) is 3.47. The second-order valence-corrected chi connectivity index (χ2v) is 8.18. The largest absolute Gasteiger partial charge is 0.459 e. The van der Waals surface area contributed by atoms with Crippen LogP contribution in [0.25, 0.3) is 11.1 Å². The summed E-state index contributed by atoms with van der Waals surface area (Å²) in [5.41, 5.74) is 9.92. The van der Waals surface area contributed by atoms with Crippen LogP contribution in [-0.4, -0.2) is 36.9 Å². The molecule has 2 aromatic carbocycles. The highest BCUT2D eigenvalue weighted by Gasteiger charge is 2.29. The minimum atomic E-state index is -0.789. The molecule has 3 N–H and O–H groups in total. The van der Waals surface area contributed by atoms with Gasteiger partial charge in [-0.15, -0.1) is 0 Å². The topological polar surface area (TPSA) is 90.6 Å². The molecule has 6 heteroatoms. The Morgan fingerprint density at radius 2 is 1.59 bits per heavy atom. The zero-order valence-electron chi connectivity index (χ0n) is 17.1. The summed E-state index contributed by atoms with van der Waals surface area (Å²) in [4.78, 5) is 24.0. The van der Waals surface area contributed by atoms with E-state index in [9.17, 15) is 9.59 Å². The summed E-state index contributed by atoms with van der Waals surface area (Å²) in [6.07, 6.45) is -0.248. The molecule has 29 heavy (non-hydrogen) atoms. The number of amides is 1. The number of carbonyl (C=O) groups is 2. The maximum atomic E-state index is 12.1. The van der Waals surface area contributed by atoms with E-state index in [1.54, 1.807) is 20.8 Å². The van der Waals surface area contributed by atoms with E-state index in [0.717, 1.165) is 11.1 Å². The van der Waals surface area contributed by atoms with E-state index >= 15 is 0 Å². The molecule has 154 valence electrons. The van der Waals surface area contributed by atoms with Crippen molar-refractivity contribution in [2.24, 2.45) is 5.73 Å². The molecule has 0 saturated carbocycles. The van der Waals surface area contributed by atoms with Crippen LogP contribution in [0.3, 0.4) is 0 Å². The molecule has 1 atom stereocenters. The van der Waals surface area contributed by atoms with Crippen molar-refractivity contribution in [2.45, 2.75) is 44.8 Å². The van der Waals surface area contributed by atoms with E-state index in [1.807, 2.05) is 24.3 Å². The molecule has 0 bridgehead atoms.